The number of fused-ring (bicyclic) bond motifs is 7. The van der Waals surface area contributed by atoms with Gasteiger partial charge in [-0.1, -0.05) is 221 Å². The van der Waals surface area contributed by atoms with Crippen LogP contribution >= 0.6 is 11.3 Å². The fraction of sp³-hybridized carbons (Fsp3) is 0.299. The van der Waals surface area contributed by atoms with E-state index in [9.17, 15) is 0 Å². The summed E-state index contributed by atoms with van der Waals surface area (Å²) in [5.41, 5.74) is 23.6. The molecule has 2 aliphatic heterocycles. The molecule has 12 rings (SSSR count). The van der Waals surface area contributed by atoms with Crippen LogP contribution in [-0.4, -0.2) is 6.71 Å². The van der Waals surface area contributed by atoms with Crippen molar-refractivity contribution in [3.63, 3.8) is 0 Å². The molecule has 414 valence electrons. The van der Waals surface area contributed by atoms with E-state index in [2.05, 4.69) is 314 Å². The summed E-state index contributed by atoms with van der Waals surface area (Å²) in [6.45, 7) is 39.6. The van der Waals surface area contributed by atoms with Gasteiger partial charge in [-0.3, -0.25) is 0 Å². The maximum Gasteiger partial charge on any atom is 0.264 e. The quantitative estimate of drug-likeness (QED) is 0.147. The Morgan fingerprint density at radius 2 is 0.915 bits per heavy atom. The van der Waals surface area contributed by atoms with Crippen molar-refractivity contribution in [2.24, 2.45) is 0 Å². The van der Waals surface area contributed by atoms with Crippen LogP contribution in [0.25, 0.3) is 32.0 Å². The van der Waals surface area contributed by atoms with Gasteiger partial charge in [-0.25, -0.2) is 0 Å². The zero-order valence-electron chi connectivity index (χ0n) is 51.7. The molecule has 9 aromatic carbocycles. The third kappa shape index (κ3) is 9.55. The first-order chi connectivity index (χ1) is 38.7. The average Bonchev–Trinajstić information content (AvgIpc) is 1.27. The van der Waals surface area contributed by atoms with Crippen molar-refractivity contribution in [1.82, 2.24) is 0 Å². The summed E-state index contributed by atoms with van der Waals surface area (Å²) in [6.07, 6.45) is 0. The van der Waals surface area contributed by atoms with Crippen LogP contribution in [0, 0.1) is 0 Å². The number of hydrogen-bond acceptors (Lipinski definition) is 4. The summed E-state index contributed by atoms with van der Waals surface area (Å²) in [5.74, 6) is 0.240. The van der Waals surface area contributed by atoms with Gasteiger partial charge in [0.2, 0.25) is 0 Å². The van der Waals surface area contributed by atoms with Gasteiger partial charge in [0.1, 0.15) is 0 Å². The molecule has 0 N–H and O–H groups in total. The summed E-state index contributed by atoms with van der Waals surface area (Å²) in [6, 6.07) is 71.0. The van der Waals surface area contributed by atoms with Crippen molar-refractivity contribution in [3.8, 4) is 11.1 Å². The van der Waals surface area contributed by atoms with Gasteiger partial charge in [-0.15, -0.1) is 11.3 Å². The van der Waals surface area contributed by atoms with Crippen LogP contribution in [0.2, 0.25) is 0 Å². The van der Waals surface area contributed by atoms with Gasteiger partial charge in [-0.05, 0) is 167 Å². The average molecular weight is 1090 g/mol. The molecule has 0 atom stereocenters. The fourth-order valence-corrected chi connectivity index (χ4v) is 14.1. The van der Waals surface area contributed by atoms with Crippen molar-refractivity contribution >= 4 is 106 Å². The molecule has 0 radical (unpaired) electrons. The standard InChI is InChI=1S/C77H82BN3S/c1-48(2)50-43-66-69-67(44-50)81(70-60-26-22-21-25-59(60)63(77(15,16)17)47-61(70)49-23-19-18-20-24-49)65-46-58(79(55-34-27-51(28-35-55)73(3,4)5)56-36-29-52(30-37-56)74(6,7)8)40-41-64(65)78(69)72-71(62-45-54(76(12,13)14)33-42-68(62)82-72)80(66)57-38-31-53(32-39-57)75(9,10)11/h18-48H,1-17H3. The van der Waals surface area contributed by atoms with E-state index in [1.807, 2.05) is 11.3 Å². The number of anilines is 9. The first kappa shape index (κ1) is 55.2. The lowest BCUT2D eigenvalue weighted by atomic mass is 9.36. The highest BCUT2D eigenvalue weighted by molar-refractivity contribution is 7.33. The number of benzene rings is 9. The van der Waals surface area contributed by atoms with E-state index in [1.54, 1.807) is 0 Å². The van der Waals surface area contributed by atoms with Gasteiger partial charge in [-0.2, -0.15) is 0 Å². The number of nitrogens with zero attached hydrogens (tertiary/aromatic N) is 3. The minimum atomic E-state index is -0.129. The molecule has 3 nitrogen and oxygen atoms in total. The van der Waals surface area contributed by atoms with Gasteiger partial charge in [0, 0.05) is 65.6 Å². The molecule has 0 bridgehead atoms. The van der Waals surface area contributed by atoms with Gasteiger partial charge < -0.3 is 14.7 Å². The summed E-state index contributed by atoms with van der Waals surface area (Å²) < 4.78 is 2.69. The summed E-state index contributed by atoms with van der Waals surface area (Å²) >= 11 is 1.98. The minimum absolute atomic E-state index is 0.0102. The predicted octanol–water partition coefficient (Wildman–Crippen LogP) is 20.9. The molecule has 0 unspecified atom stereocenters. The van der Waals surface area contributed by atoms with Crippen molar-refractivity contribution < 1.29 is 0 Å². The predicted molar refractivity (Wildman–Crippen MR) is 361 cm³/mol. The lowest BCUT2D eigenvalue weighted by molar-refractivity contribution is 0.590. The lowest BCUT2D eigenvalue weighted by Crippen LogP contribution is -2.60. The Balaban J connectivity index is 1.24. The van der Waals surface area contributed by atoms with E-state index in [1.165, 1.54) is 115 Å². The van der Waals surface area contributed by atoms with Crippen molar-refractivity contribution in [2.45, 2.75) is 151 Å². The molecule has 82 heavy (non-hydrogen) atoms. The Morgan fingerprint density at radius 3 is 1.45 bits per heavy atom. The van der Waals surface area contributed by atoms with Crippen LogP contribution in [0.3, 0.4) is 0 Å². The van der Waals surface area contributed by atoms with Crippen LogP contribution < -0.4 is 30.4 Å². The van der Waals surface area contributed by atoms with Gasteiger partial charge in [0.15, 0.2) is 0 Å². The molecule has 1 aromatic heterocycles. The molecular weight excluding hydrogens is 1010 g/mol. The smallest absolute Gasteiger partial charge is 0.264 e. The van der Waals surface area contributed by atoms with Crippen LogP contribution in [0.4, 0.5) is 51.2 Å². The Labute approximate surface area is 494 Å². The molecule has 3 heterocycles. The lowest BCUT2D eigenvalue weighted by Gasteiger charge is -2.45. The molecule has 10 aromatic rings. The van der Waals surface area contributed by atoms with Crippen molar-refractivity contribution in [2.75, 3.05) is 14.7 Å². The SMILES string of the molecule is CC(C)c1cc2c3c(c1)N(c1c(-c4ccccc4)cc(C(C)(C)C)c4ccccc14)c1cc(N(c4ccc(C(C)(C)C)cc4)c4ccc(C(C)(C)C)cc4)ccc1B3c1sc3ccc(C(C)(C)C)cc3c1N2c1ccc(C(C)(C)C)cc1. The molecule has 0 fully saturated rings. The van der Waals surface area contributed by atoms with Crippen LogP contribution in [0.15, 0.2) is 182 Å². The summed E-state index contributed by atoms with van der Waals surface area (Å²) in [5, 5.41) is 3.83. The van der Waals surface area contributed by atoms with E-state index in [-0.39, 0.29) is 39.7 Å². The fourth-order valence-electron chi connectivity index (χ4n) is 12.8. The Morgan fingerprint density at radius 1 is 0.415 bits per heavy atom. The van der Waals surface area contributed by atoms with Gasteiger partial charge in [0.25, 0.3) is 6.71 Å². The normalized spacial score (nSPS) is 13.7. The van der Waals surface area contributed by atoms with Gasteiger partial charge >= 0.3 is 0 Å². The Kier molecular flexibility index (Phi) is 13.2. The molecule has 2 aliphatic rings. The molecule has 5 heteroatoms. The molecular formula is C77H82BN3S. The molecule has 0 amide bonds. The molecule has 0 spiro atoms. The molecule has 0 aliphatic carbocycles. The molecule has 0 saturated carbocycles. The highest BCUT2D eigenvalue weighted by atomic mass is 32.1. The van der Waals surface area contributed by atoms with E-state index in [0.717, 1.165) is 17.1 Å². The van der Waals surface area contributed by atoms with Crippen molar-refractivity contribution in [1.29, 1.82) is 0 Å². The van der Waals surface area contributed by atoms with E-state index in [4.69, 9.17) is 0 Å². The highest BCUT2D eigenvalue weighted by Crippen LogP contribution is 2.54. The largest absolute Gasteiger partial charge is 0.310 e. The Hall–Kier alpha value is -7.34. The van der Waals surface area contributed by atoms with E-state index < -0.39 is 0 Å². The second kappa shape index (κ2) is 19.7. The zero-order chi connectivity index (χ0) is 58.2. The minimum Gasteiger partial charge on any atom is -0.310 e. The maximum absolute atomic E-state index is 2.72. The highest BCUT2D eigenvalue weighted by Gasteiger charge is 2.47. The number of rotatable bonds is 7. The zero-order valence-corrected chi connectivity index (χ0v) is 52.5. The Bertz CT molecular complexity index is 4020. The van der Waals surface area contributed by atoms with Crippen LogP contribution in [-0.2, 0) is 27.1 Å². The maximum atomic E-state index is 2.72. The monoisotopic (exact) mass is 1090 g/mol. The van der Waals surface area contributed by atoms with E-state index >= 15 is 0 Å². The van der Waals surface area contributed by atoms with Crippen molar-refractivity contribution in [3.05, 3.63) is 215 Å². The first-order valence-corrected chi connectivity index (χ1v) is 30.7. The van der Waals surface area contributed by atoms with Crippen LogP contribution in [0.1, 0.15) is 157 Å². The van der Waals surface area contributed by atoms with Crippen LogP contribution in [0.5, 0.6) is 0 Å². The van der Waals surface area contributed by atoms with E-state index in [0.29, 0.717) is 0 Å². The third-order valence-corrected chi connectivity index (χ3v) is 18.8. The topological polar surface area (TPSA) is 9.72 Å². The second-order valence-corrected chi connectivity index (χ2v) is 30.0. The molecule has 0 saturated heterocycles. The number of hydrogen-bond donors (Lipinski definition) is 0. The first-order valence-electron chi connectivity index (χ1n) is 29.9. The second-order valence-electron chi connectivity index (χ2n) is 29.0. The summed E-state index contributed by atoms with van der Waals surface area (Å²) in [4.78, 5) is 7.87. The summed E-state index contributed by atoms with van der Waals surface area (Å²) in [7, 11) is 0. The van der Waals surface area contributed by atoms with Gasteiger partial charge in [0.05, 0.1) is 11.4 Å². The third-order valence-electron chi connectivity index (χ3n) is 17.6. The number of thiophene rings is 1.